The smallest absolute Gasteiger partial charge is 0.248 e. The van der Waals surface area contributed by atoms with E-state index < -0.39 is 10.0 Å². The number of rotatable bonds is 10. The summed E-state index contributed by atoms with van der Waals surface area (Å²) >= 11 is 0. The number of benzene rings is 1. The number of carbonyl (C=O) groups is 1. The van der Waals surface area contributed by atoms with E-state index in [4.69, 9.17) is 9.47 Å². The lowest BCUT2D eigenvalue weighted by Crippen LogP contribution is -2.45. The second kappa shape index (κ2) is 12.0. The van der Waals surface area contributed by atoms with Crippen LogP contribution in [-0.4, -0.2) is 120 Å². The molecule has 1 amide bonds. The first-order valence-electron chi connectivity index (χ1n) is 12.4. The summed E-state index contributed by atoms with van der Waals surface area (Å²) in [4.78, 5) is 19.7. The van der Waals surface area contributed by atoms with Gasteiger partial charge in [0.2, 0.25) is 15.9 Å². The number of aryl methyl sites for hydroxylation is 2. The highest BCUT2D eigenvalue weighted by Crippen LogP contribution is 2.28. The van der Waals surface area contributed by atoms with Crippen LogP contribution in [0.25, 0.3) is 0 Å². The van der Waals surface area contributed by atoms with Crippen molar-refractivity contribution in [2.24, 2.45) is 0 Å². The molecule has 0 N–H and O–H groups in total. The van der Waals surface area contributed by atoms with E-state index in [2.05, 4.69) is 16.8 Å². The third-order valence-electron chi connectivity index (χ3n) is 7.45. The van der Waals surface area contributed by atoms with Gasteiger partial charge in [0.1, 0.15) is 12.4 Å². The average Bonchev–Trinajstić information content (AvgIpc) is 3.31. The third-order valence-corrected chi connectivity index (χ3v) is 9.62. The van der Waals surface area contributed by atoms with Gasteiger partial charge in [-0.15, -0.1) is 0 Å². The molecule has 198 valence electrons. The zero-order chi connectivity index (χ0) is 25.8. The number of ether oxygens (including phenoxy) is 2. The summed E-state index contributed by atoms with van der Waals surface area (Å²) in [5.41, 5.74) is 1.27. The Balaban J connectivity index is 1.44. The molecule has 2 saturated heterocycles. The van der Waals surface area contributed by atoms with Crippen molar-refractivity contribution < 1.29 is 22.7 Å². The number of likely N-dealkylation sites (N-methyl/N-ethyl adjacent to an activating group) is 2. The van der Waals surface area contributed by atoms with E-state index in [1.54, 1.807) is 38.0 Å². The fourth-order valence-electron chi connectivity index (χ4n) is 5.15. The van der Waals surface area contributed by atoms with Gasteiger partial charge in [-0.3, -0.25) is 9.69 Å². The van der Waals surface area contributed by atoms with Gasteiger partial charge in [0.05, 0.1) is 18.6 Å². The molecular formula is C25H42N4O5S. The zero-order valence-corrected chi connectivity index (χ0v) is 22.9. The molecule has 0 bridgehead atoms. The van der Waals surface area contributed by atoms with E-state index >= 15 is 0 Å². The Morgan fingerprint density at radius 1 is 1.09 bits per heavy atom. The number of carbonyl (C=O) groups excluding carboxylic acids is 1. The first-order valence-corrected chi connectivity index (χ1v) is 13.9. The highest BCUT2D eigenvalue weighted by atomic mass is 32.2. The number of hydrogen-bond acceptors (Lipinski definition) is 7. The summed E-state index contributed by atoms with van der Waals surface area (Å²) in [5.74, 6) is 0.567. The number of hydrogen-bond donors (Lipinski definition) is 0. The van der Waals surface area contributed by atoms with Crippen LogP contribution in [0, 0.1) is 13.8 Å². The van der Waals surface area contributed by atoms with Gasteiger partial charge in [-0.05, 0) is 76.5 Å². The van der Waals surface area contributed by atoms with Gasteiger partial charge in [-0.1, -0.05) is 0 Å². The van der Waals surface area contributed by atoms with Crippen molar-refractivity contribution in [2.75, 3.05) is 74.2 Å². The van der Waals surface area contributed by atoms with E-state index in [1.807, 2.05) is 7.05 Å². The number of methoxy groups -OCH3 is 1. The summed E-state index contributed by atoms with van der Waals surface area (Å²) in [7, 11) is 3.43. The molecule has 1 aromatic rings. The van der Waals surface area contributed by atoms with Crippen molar-refractivity contribution >= 4 is 15.9 Å². The molecule has 0 radical (unpaired) electrons. The van der Waals surface area contributed by atoms with E-state index in [0.29, 0.717) is 22.9 Å². The second-order valence-corrected chi connectivity index (χ2v) is 11.9. The molecule has 0 aliphatic carbocycles. The average molecular weight is 511 g/mol. The van der Waals surface area contributed by atoms with Gasteiger partial charge < -0.3 is 19.3 Å². The fourth-order valence-corrected chi connectivity index (χ4v) is 6.70. The fraction of sp³-hybridized carbons (Fsp3) is 0.720. The second-order valence-electron chi connectivity index (χ2n) is 9.95. The Kier molecular flexibility index (Phi) is 9.56. The molecule has 2 aliphatic rings. The number of sulfonamides is 1. The molecule has 1 unspecified atom stereocenters. The van der Waals surface area contributed by atoms with Gasteiger partial charge in [0.15, 0.2) is 0 Å². The van der Waals surface area contributed by atoms with E-state index in [-0.39, 0.29) is 36.6 Å². The third kappa shape index (κ3) is 6.74. The van der Waals surface area contributed by atoms with Crippen molar-refractivity contribution in [1.82, 2.24) is 19.0 Å². The lowest BCUT2D eigenvalue weighted by atomic mass is 10.0. The molecule has 35 heavy (non-hydrogen) atoms. The first-order chi connectivity index (χ1) is 16.5. The van der Waals surface area contributed by atoms with Crippen molar-refractivity contribution in [3.63, 3.8) is 0 Å². The molecule has 1 aromatic carbocycles. The molecule has 1 atom stereocenters. The molecule has 3 rings (SSSR count). The molecule has 0 aromatic heterocycles. The summed E-state index contributed by atoms with van der Waals surface area (Å²) < 4.78 is 38.3. The minimum absolute atomic E-state index is 0.0459. The van der Waals surface area contributed by atoms with Crippen LogP contribution in [-0.2, 0) is 19.6 Å². The standard InChI is InChI=1S/C25H42N4O5S/c1-19-15-23(33-6)16-20(2)25(19)35(31,32)27(4)13-14-34-18-24(30)28(5)22-9-12-29(17-22)21-7-10-26(3)11-8-21/h15-16,21-22H,7-14,17-18H2,1-6H3. The highest BCUT2D eigenvalue weighted by molar-refractivity contribution is 7.89. The zero-order valence-electron chi connectivity index (χ0n) is 22.1. The Bertz CT molecular complexity index is 955. The van der Waals surface area contributed by atoms with Crippen LogP contribution < -0.4 is 4.74 Å². The SMILES string of the molecule is COc1cc(C)c(S(=O)(=O)N(C)CCOCC(=O)N(C)C2CCN(C3CCN(C)CC3)C2)c(C)c1. The summed E-state index contributed by atoms with van der Waals surface area (Å²) in [6.07, 6.45) is 3.36. The maximum absolute atomic E-state index is 13.1. The molecule has 2 fully saturated rings. The molecule has 2 heterocycles. The van der Waals surface area contributed by atoms with Crippen molar-refractivity contribution in [3.05, 3.63) is 23.3 Å². The number of nitrogens with zero attached hydrogens (tertiary/aromatic N) is 4. The maximum Gasteiger partial charge on any atom is 0.248 e. The van der Waals surface area contributed by atoms with Crippen LogP contribution in [0.3, 0.4) is 0 Å². The summed E-state index contributed by atoms with van der Waals surface area (Å²) in [5, 5.41) is 0. The van der Waals surface area contributed by atoms with Gasteiger partial charge in [0.25, 0.3) is 0 Å². The Morgan fingerprint density at radius 2 is 1.71 bits per heavy atom. The quantitative estimate of drug-likeness (QED) is 0.442. The molecule has 10 heteroatoms. The molecular weight excluding hydrogens is 468 g/mol. The van der Waals surface area contributed by atoms with Gasteiger partial charge >= 0.3 is 0 Å². The highest BCUT2D eigenvalue weighted by Gasteiger charge is 2.33. The first kappa shape index (κ1) is 27.9. The maximum atomic E-state index is 13.1. The van der Waals surface area contributed by atoms with Gasteiger partial charge in [-0.2, -0.15) is 4.31 Å². The van der Waals surface area contributed by atoms with Crippen LogP contribution in [0.2, 0.25) is 0 Å². The van der Waals surface area contributed by atoms with Crippen molar-refractivity contribution in [1.29, 1.82) is 0 Å². The predicted molar refractivity (Wildman–Crippen MR) is 136 cm³/mol. The van der Waals surface area contributed by atoms with Crippen molar-refractivity contribution in [3.8, 4) is 5.75 Å². The normalized spacial score (nSPS) is 20.5. The van der Waals surface area contributed by atoms with Gasteiger partial charge in [-0.25, -0.2) is 8.42 Å². The van der Waals surface area contributed by atoms with Crippen LogP contribution in [0.5, 0.6) is 5.75 Å². The number of piperidine rings is 1. The van der Waals surface area contributed by atoms with E-state index in [1.165, 1.54) is 24.2 Å². The minimum atomic E-state index is -3.68. The van der Waals surface area contributed by atoms with Crippen molar-refractivity contribution in [2.45, 2.75) is 50.1 Å². The van der Waals surface area contributed by atoms with Crippen LogP contribution in [0.15, 0.2) is 17.0 Å². The number of likely N-dealkylation sites (tertiary alicyclic amines) is 2. The van der Waals surface area contributed by atoms with Crippen LogP contribution in [0.4, 0.5) is 0 Å². The van der Waals surface area contributed by atoms with Crippen LogP contribution in [0.1, 0.15) is 30.4 Å². The van der Waals surface area contributed by atoms with E-state index in [9.17, 15) is 13.2 Å². The topological polar surface area (TPSA) is 82.6 Å². The Morgan fingerprint density at radius 3 is 2.31 bits per heavy atom. The van der Waals surface area contributed by atoms with E-state index in [0.717, 1.165) is 32.6 Å². The lowest BCUT2D eigenvalue weighted by Gasteiger charge is -2.35. The Hall–Kier alpha value is -1.72. The van der Waals surface area contributed by atoms with Gasteiger partial charge in [0, 0.05) is 45.8 Å². The monoisotopic (exact) mass is 510 g/mol. The molecule has 9 nitrogen and oxygen atoms in total. The minimum Gasteiger partial charge on any atom is -0.497 e. The number of amides is 1. The molecule has 2 aliphatic heterocycles. The lowest BCUT2D eigenvalue weighted by molar-refractivity contribution is -0.136. The largest absolute Gasteiger partial charge is 0.497 e. The molecule has 0 saturated carbocycles. The van der Waals surface area contributed by atoms with Crippen LogP contribution >= 0.6 is 0 Å². The predicted octanol–water partition coefficient (Wildman–Crippen LogP) is 1.58. The summed E-state index contributed by atoms with van der Waals surface area (Å²) in [6.45, 7) is 8.01. The Labute approximate surface area is 211 Å². The summed E-state index contributed by atoms with van der Waals surface area (Å²) in [6, 6.07) is 4.26. The molecule has 0 spiro atoms.